The highest BCUT2D eigenvalue weighted by Crippen LogP contribution is 2.28. The van der Waals surface area contributed by atoms with Crippen LogP contribution in [0.25, 0.3) is 0 Å². The molecule has 0 aliphatic carbocycles. The quantitative estimate of drug-likeness (QED) is 0.744. The van der Waals surface area contributed by atoms with E-state index in [-0.39, 0.29) is 0 Å². The first-order valence-electron chi connectivity index (χ1n) is 7.02. The van der Waals surface area contributed by atoms with Gasteiger partial charge in [-0.2, -0.15) is 5.26 Å². The van der Waals surface area contributed by atoms with Gasteiger partial charge in [-0.15, -0.1) is 0 Å². The maximum absolute atomic E-state index is 9.29. The number of methoxy groups -OCH3 is 1. The molecule has 104 valence electrons. The highest BCUT2D eigenvalue weighted by molar-refractivity contribution is 5.62. The van der Waals surface area contributed by atoms with Gasteiger partial charge in [0.2, 0.25) is 0 Å². The van der Waals surface area contributed by atoms with E-state index in [0.717, 1.165) is 42.8 Å². The molecular weight excluding hydrogens is 236 g/mol. The smallest absolute Gasteiger partial charge is 0.121 e. The van der Waals surface area contributed by atoms with Crippen LogP contribution in [-0.4, -0.2) is 19.7 Å². The Morgan fingerprint density at radius 2 is 2.11 bits per heavy atom. The Bertz CT molecular complexity index is 437. The summed E-state index contributed by atoms with van der Waals surface area (Å²) in [6, 6.07) is 8.37. The molecule has 0 saturated carbocycles. The summed E-state index contributed by atoms with van der Waals surface area (Å²) in [6.07, 6.45) is 3.34. The van der Waals surface area contributed by atoms with Crippen molar-refractivity contribution in [3.8, 4) is 11.8 Å². The Hall–Kier alpha value is -1.69. The molecule has 1 rings (SSSR count). The summed E-state index contributed by atoms with van der Waals surface area (Å²) in [4.78, 5) is 2.32. The van der Waals surface area contributed by atoms with Gasteiger partial charge in [0.1, 0.15) is 11.8 Å². The SMILES string of the molecule is CCCCN(c1cc(OC)ccc1C#N)C(C)CC. The van der Waals surface area contributed by atoms with Crippen LogP contribution in [0, 0.1) is 11.3 Å². The van der Waals surface area contributed by atoms with E-state index in [0.29, 0.717) is 6.04 Å². The Morgan fingerprint density at radius 3 is 2.63 bits per heavy atom. The minimum absolute atomic E-state index is 0.422. The zero-order valence-electron chi connectivity index (χ0n) is 12.4. The Morgan fingerprint density at radius 1 is 1.37 bits per heavy atom. The third-order valence-electron chi connectivity index (χ3n) is 3.51. The van der Waals surface area contributed by atoms with E-state index in [4.69, 9.17) is 4.74 Å². The van der Waals surface area contributed by atoms with E-state index in [1.165, 1.54) is 0 Å². The van der Waals surface area contributed by atoms with Gasteiger partial charge in [0, 0.05) is 18.7 Å². The second kappa shape index (κ2) is 7.68. The summed E-state index contributed by atoms with van der Waals surface area (Å²) in [6.45, 7) is 7.55. The second-order valence-electron chi connectivity index (χ2n) is 4.80. The lowest BCUT2D eigenvalue weighted by Crippen LogP contribution is -2.34. The fraction of sp³-hybridized carbons (Fsp3) is 0.562. The van der Waals surface area contributed by atoms with Crippen molar-refractivity contribution in [1.29, 1.82) is 5.26 Å². The van der Waals surface area contributed by atoms with Crippen molar-refractivity contribution in [2.24, 2.45) is 0 Å². The fourth-order valence-corrected chi connectivity index (χ4v) is 2.10. The average Bonchev–Trinajstić information content (AvgIpc) is 2.46. The molecule has 3 heteroatoms. The summed E-state index contributed by atoms with van der Waals surface area (Å²) >= 11 is 0. The standard InChI is InChI=1S/C16H24N2O/c1-5-7-10-18(13(3)6-2)16-11-15(19-4)9-8-14(16)12-17/h8-9,11,13H,5-7,10H2,1-4H3. The van der Waals surface area contributed by atoms with Gasteiger partial charge in [-0.25, -0.2) is 0 Å². The highest BCUT2D eigenvalue weighted by atomic mass is 16.5. The summed E-state index contributed by atoms with van der Waals surface area (Å²) in [5.74, 6) is 0.804. The molecule has 0 saturated heterocycles. The lowest BCUT2D eigenvalue weighted by molar-refractivity contribution is 0.414. The number of hydrogen-bond acceptors (Lipinski definition) is 3. The molecule has 1 atom stereocenters. The van der Waals surface area contributed by atoms with E-state index in [9.17, 15) is 5.26 Å². The molecule has 0 amide bonds. The predicted octanol–water partition coefficient (Wildman–Crippen LogP) is 3.97. The second-order valence-corrected chi connectivity index (χ2v) is 4.80. The maximum Gasteiger partial charge on any atom is 0.121 e. The number of anilines is 1. The van der Waals surface area contributed by atoms with Gasteiger partial charge in [0.15, 0.2) is 0 Å². The molecule has 0 aromatic heterocycles. The van der Waals surface area contributed by atoms with Gasteiger partial charge in [-0.3, -0.25) is 0 Å². The van der Waals surface area contributed by atoms with Crippen molar-refractivity contribution in [3.63, 3.8) is 0 Å². The van der Waals surface area contributed by atoms with Gasteiger partial charge < -0.3 is 9.64 Å². The monoisotopic (exact) mass is 260 g/mol. The number of unbranched alkanes of at least 4 members (excludes halogenated alkanes) is 1. The van der Waals surface area contributed by atoms with E-state index in [1.54, 1.807) is 7.11 Å². The Kier molecular flexibility index (Phi) is 6.21. The molecule has 19 heavy (non-hydrogen) atoms. The molecule has 0 aliphatic heterocycles. The maximum atomic E-state index is 9.29. The van der Waals surface area contributed by atoms with Crippen LogP contribution in [0.5, 0.6) is 5.75 Å². The molecule has 0 radical (unpaired) electrons. The molecule has 0 N–H and O–H groups in total. The average molecular weight is 260 g/mol. The minimum Gasteiger partial charge on any atom is -0.497 e. The molecule has 0 bridgehead atoms. The van der Waals surface area contributed by atoms with Crippen LogP contribution in [0.3, 0.4) is 0 Å². The topological polar surface area (TPSA) is 36.3 Å². The van der Waals surface area contributed by atoms with Gasteiger partial charge >= 0.3 is 0 Å². The third-order valence-corrected chi connectivity index (χ3v) is 3.51. The third kappa shape index (κ3) is 3.89. The Labute approximate surface area is 116 Å². The number of nitrogens with zero attached hydrogens (tertiary/aromatic N) is 2. The minimum atomic E-state index is 0.422. The zero-order valence-corrected chi connectivity index (χ0v) is 12.4. The van der Waals surface area contributed by atoms with Crippen molar-refractivity contribution in [1.82, 2.24) is 0 Å². The molecule has 1 aromatic rings. The lowest BCUT2D eigenvalue weighted by Gasteiger charge is -2.31. The van der Waals surface area contributed by atoms with Crippen LogP contribution in [-0.2, 0) is 0 Å². The van der Waals surface area contributed by atoms with Crippen molar-refractivity contribution >= 4 is 5.69 Å². The molecule has 0 fully saturated rings. The molecular formula is C16H24N2O. The van der Waals surface area contributed by atoms with Gasteiger partial charge in [0.25, 0.3) is 0 Å². The van der Waals surface area contributed by atoms with Gasteiger partial charge in [-0.1, -0.05) is 20.3 Å². The molecule has 0 aliphatic rings. The van der Waals surface area contributed by atoms with Crippen LogP contribution in [0.2, 0.25) is 0 Å². The predicted molar refractivity (Wildman–Crippen MR) is 79.7 cm³/mol. The van der Waals surface area contributed by atoms with Crippen molar-refractivity contribution in [2.45, 2.75) is 46.1 Å². The van der Waals surface area contributed by atoms with Crippen LogP contribution in [0.4, 0.5) is 5.69 Å². The van der Waals surface area contributed by atoms with E-state index in [1.807, 2.05) is 18.2 Å². The molecule has 1 aromatic carbocycles. The number of rotatable bonds is 7. The van der Waals surface area contributed by atoms with E-state index < -0.39 is 0 Å². The van der Waals surface area contributed by atoms with Gasteiger partial charge in [0.05, 0.1) is 18.4 Å². The number of ether oxygens (including phenoxy) is 1. The van der Waals surface area contributed by atoms with E-state index >= 15 is 0 Å². The molecule has 1 unspecified atom stereocenters. The molecule has 0 heterocycles. The van der Waals surface area contributed by atoms with Crippen LogP contribution < -0.4 is 9.64 Å². The first kappa shape index (κ1) is 15.4. The van der Waals surface area contributed by atoms with Gasteiger partial charge in [-0.05, 0) is 31.9 Å². The number of hydrogen-bond donors (Lipinski definition) is 0. The molecule has 0 spiro atoms. The first-order chi connectivity index (χ1) is 9.17. The Balaban J connectivity index is 3.15. The lowest BCUT2D eigenvalue weighted by atomic mass is 10.1. The highest BCUT2D eigenvalue weighted by Gasteiger charge is 2.16. The van der Waals surface area contributed by atoms with Crippen molar-refractivity contribution in [3.05, 3.63) is 23.8 Å². The van der Waals surface area contributed by atoms with Crippen LogP contribution >= 0.6 is 0 Å². The fourth-order valence-electron chi connectivity index (χ4n) is 2.10. The van der Waals surface area contributed by atoms with Crippen LogP contribution in [0.1, 0.15) is 45.6 Å². The first-order valence-corrected chi connectivity index (χ1v) is 7.02. The number of benzene rings is 1. The summed E-state index contributed by atoms with van der Waals surface area (Å²) < 4.78 is 5.29. The van der Waals surface area contributed by atoms with Crippen LogP contribution in [0.15, 0.2) is 18.2 Å². The van der Waals surface area contributed by atoms with E-state index in [2.05, 4.69) is 31.7 Å². The zero-order chi connectivity index (χ0) is 14.3. The summed E-state index contributed by atoms with van der Waals surface area (Å²) in [7, 11) is 1.66. The van der Waals surface area contributed by atoms with Crippen molar-refractivity contribution < 1.29 is 4.74 Å². The largest absolute Gasteiger partial charge is 0.497 e. The normalized spacial score (nSPS) is 11.7. The summed E-state index contributed by atoms with van der Waals surface area (Å²) in [5.41, 5.74) is 1.71. The molecule has 3 nitrogen and oxygen atoms in total. The summed E-state index contributed by atoms with van der Waals surface area (Å²) in [5, 5.41) is 9.29. The van der Waals surface area contributed by atoms with Crippen molar-refractivity contribution in [2.75, 3.05) is 18.6 Å². The number of nitriles is 1.